The van der Waals surface area contributed by atoms with E-state index < -0.39 is 0 Å². The number of fused-ring (bicyclic) bond motifs is 2. The predicted octanol–water partition coefficient (Wildman–Crippen LogP) is 3.17. The Hall–Kier alpha value is -0.360. The molecule has 0 spiro atoms. The largest absolute Gasteiger partial charge is 0.341 e. The fourth-order valence-corrected chi connectivity index (χ4v) is 4.39. The maximum absolute atomic E-state index is 12.3. The van der Waals surface area contributed by atoms with Crippen LogP contribution in [0.2, 0.25) is 0 Å². The number of hydrogen-bond acceptors (Lipinski definition) is 4. The number of nitrogens with one attached hydrogen (secondary N) is 1. The Morgan fingerprint density at radius 2 is 2.00 bits per heavy atom. The molecule has 0 radical (unpaired) electrons. The van der Waals surface area contributed by atoms with E-state index in [0.717, 1.165) is 5.01 Å². The van der Waals surface area contributed by atoms with Gasteiger partial charge < -0.3 is 10.2 Å². The summed E-state index contributed by atoms with van der Waals surface area (Å²) in [4.78, 5) is 19.6. The average Bonchev–Trinajstić information content (AvgIpc) is 2.95. The number of thiazole rings is 1. The van der Waals surface area contributed by atoms with Crippen molar-refractivity contribution in [1.82, 2.24) is 15.2 Å². The van der Waals surface area contributed by atoms with E-state index in [0.29, 0.717) is 31.0 Å². The third kappa shape index (κ3) is 4.82. The summed E-state index contributed by atoms with van der Waals surface area (Å²) in [5, 5.41) is 4.70. The molecule has 2 saturated heterocycles. The van der Waals surface area contributed by atoms with Gasteiger partial charge in [-0.25, -0.2) is 4.98 Å². The van der Waals surface area contributed by atoms with E-state index in [9.17, 15) is 4.79 Å². The van der Waals surface area contributed by atoms with Gasteiger partial charge in [0, 0.05) is 36.6 Å². The Labute approximate surface area is 148 Å². The van der Waals surface area contributed by atoms with E-state index in [1.54, 1.807) is 11.3 Å². The number of hydrogen-bond donors (Lipinski definition) is 1. The van der Waals surface area contributed by atoms with E-state index in [4.69, 9.17) is 0 Å². The number of rotatable bonds is 4. The van der Waals surface area contributed by atoms with Crippen LogP contribution in [0.1, 0.15) is 42.0 Å². The summed E-state index contributed by atoms with van der Waals surface area (Å²) < 4.78 is 0. The quantitative estimate of drug-likeness (QED) is 0.890. The molecule has 1 aromatic rings. The van der Waals surface area contributed by atoms with Gasteiger partial charge in [-0.1, -0.05) is 0 Å². The van der Waals surface area contributed by atoms with Crippen LogP contribution in [-0.4, -0.2) is 34.9 Å². The first-order valence-electron chi connectivity index (χ1n) is 7.51. The van der Waals surface area contributed by atoms with Crippen LogP contribution in [0, 0.1) is 12.8 Å². The van der Waals surface area contributed by atoms with Gasteiger partial charge in [-0.2, -0.15) is 0 Å². The fraction of sp³-hybridized carbons (Fsp3) is 0.733. The van der Waals surface area contributed by atoms with Crippen molar-refractivity contribution in [3.63, 3.8) is 0 Å². The van der Waals surface area contributed by atoms with Crippen LogP contribution in [0.15, 0.2) is 6.20 Å². The summed E-state index contributed by atoms with van der Waals surface area (Å²) >= 11 is 1.68. The average molecular weight is 366 g/mol. The molecular formula is C15H25Cl2N3OS. The number of amides is 1. The van der Waals surface area contributed by atoms with Gasteiger partial charge in [0.05, 0.1) is 11.6 Å². The Kier molecular flexibility index (Phi) is 7.59. The highest BCUT2D eigenvalue weighted by atomic mass is 35.5. The fourth-order valence-electron chi connectivity index (χ4n) is 3.54. The summed E-state index contributed by atoms with van der Waals surface area (Å²) in [7, 11) is 1.91. The number of halogens is 2. The third-order valence-corrected chi connectivity index (χ3v) is 5.42. The highest BCUT2D eigenvalue weighted by Crippen LogP contribution is 2.33. The molecule has 2 bridgehead atoms. The molecule has 2 aliphatic heterocycles. The first-order chi connectivity index (χ1) is 9.60. The van der Waals surface area contributed by atoms with Gasteiger partial charge >= 0.3 is 0 Å². The predicted molar refractivity (Wildman–Crippen MR) is 95.1 cm³/mol. The maximum Gasteiger partial charge on any atom is 0.222 e. The smallest absolute Gasteiger partial charge is 0.222 e. The minimum atomic E-state index is 0. The molecule has 3 heterocycles. The monoisotopic (exact) mass is 365 g/mol. The second kappa shape index (κ2) is 8.48. The minimum Gasteiger partial charge on any atom is -0.341 e. The van der Waals surface area contributed by atoms with Crippen molar-refractivity contribution in [3.05, 3.63) is 16.1 Å². The van der Waals surface area contributed by atoms with Crippen molar-refractivity contribution in [1.29, 1.82) is 0 Å². The normalized spacial score (nSPS) is 26.0. The van der Waals surface area contributed by atoms with Crippen LogP contribution >= 0.6 is 36.2 Å². The van der Waals surface area contributed by atoms with E-state index in [1.807, 2.05) is 25.1 Å². The number of carbonyl (C=O) groups excluding carboxylic acids is 1. The molecule has 0 aromatic carbocycles. The Morgan fingerprint density at radius 1 is 1.36 bits per heavy atom. The molecule has 2 aliphatic rings. The molecule has 0 aliphatic carbocycles. The molecular weight excluding hydrogens is 341 g/mol. The lowest BCUT2D eigenvalue weighted by Crippen LogP contribution is -2.39. The molecule has 1 N–H and O–H groups in total. The number of aromatic nitrogens is 1. The van der Waals surface area contributed by atoms with Gasteiger partial charge in [-0.15, -0.1) is 36.2 Å². The minimum absolute atomic E-state index is 0. The number of aryl methyl sites for hydroxylation is 1. The molecule has 4 nitrogen and oxygen atoms in total. The van der Waals surface area contributed by atoms with Crippen LogP contribution in [0.4, 0.5) is 0 Å². The van der Waals surface area contributed by atoms with Crippen molar-refractivity contribution in [2.24, 2.45) is 5.92 Å². The molecule has 1 aromatic heterocycles. The van der Waals surface area contributed by atoms with E-state index in [2.05, 4.69) is 10.3 Å². The summed E-state index contributed by atoms with van der Waals surface area (Å²) in [6.07, 6.45) is 7.54. The van der Waals surface area contributed by atoms with Crippen LogP contribution in [0.3, 0.4) is 0 Å². The van der Waals surface area contributed by atoms with Crippen LogP contribution in [0.5, 0.6) is 0 Å². The molecule has 126 valence electrons. The second-order valence-electron chi connectivity index (χ2n) is 6.27. The van der Waals surface area contributed by atoms with Gasteiger partial charge in [-0.3, -0.25) is 4.79 Å². The maximum atomic E-state index is 12.3. The van der Waals surface area contributed by atoms with Gasteiger partial charge in [-0.05, 0) is 38.5 Å². The van der Waals surface area contributed by atoms with Crippen molar-refractivity contribution < 1.29 is 4.79 Å². The molecule has 7 heteroatoms. The summed E-state index contributed by atoms with van der Waals surface area (Å²) in [5.41, 5.74) is 0. The van der Waals surface area contributed by atoms with Crippen molar-refractivity contribution in [2.75, 3.05) is 7.05 Å². The van der Waals surface area contributed by atoms with E-state index >= 15 is 0 Å². The molecule has 1 amide bonds. The molecule has 2 unspecified atom stereocenters. The molecule has 3 rings (SSSR count). The first-order valence-corrected chi connectivity index (χ1v) is 8.33. The Bertz CT molecular complexity index is 485. The number of piperidine rings is 1. The SMILES string of the molecule is Cc1ncc(CN(C)C(=O)CC2CC3CCC(C2)N3)s1.Cl.Cl. The van der Waals surface area contributed by atoms with Gasteiger partial charge in [0.25, 0.3) is 0 Å². The van der Waals surface area contributed by atoms with Crippen LogP contribution < -0.4 is 5.32 Å². The van der Waals surface area contributed by atoms with Gasteiger partial charge in [0.15, 0.2) is 0 Å². The van der Waals surface area contributed by atoms with Crippen LogP contribution in [-0.2, 0) is 11.3 Å². The van der Waals surface area contributed by atoms with Gasteiger partial charge in [0.2, 0.25) is 5.91 Å². The molecule has 2 fully saturated rings. The summed E-state index contributed by atoms with van der Waals surface area (Å²) in [6.45, 7) is 2.70. The standard InChI is InChI=1S/C15H23N3OS.2ClH/c1-10-16-8-14(20-10)9-18(2)15(19)7-11-5-12-3-4-13(6-11)17-12;;/h8,11-13,17H,3-7,9H2,1-2H3;2*1H. The number of carbonyl (C=O) groups is 1. The van der Waals surface area contributed by atoms with Gasteiger partial charge in [0.1, 0.15) is 0 Å². The topological polar surface area (TPSA) is 45.2 Å². The lowest BCUT2D eigenvalue weighted by molar-refractivity contribution is -0.131. The van der Waals surface area contributed by atoms with Crippen LogP contribution in [0.25, 0.3) is 0 Å². The van der Waals surface area contributed by atoms with Crippen molar-refractivity contribution in [3.8, 4) is 0 Å². The summed E-state index contributed by atoms with van der Waals surface area (Å²) in [5.74, 6) is 0.856. The van der Waals surface area contributed by atoms with E-state index in [-0.39, 0.29) is 30.7 Å². The highest BCUT2D eigenvalue weighted by molar-refractivity contribution is 7.11. The highest BCUT2D eigenvalue weighted by Gasteiger charge is 2.34. The Balaban J connectivity index is 0.00000121. The molecule has 22 heavy (non-hydrogen) atoms. The summed E-state index contributed by atoms with van der Waals surface area (Å²) in [6, 6.07) is 1.34. The second-order valence-corrected chi connectivity index (χ2v) is 7.59. The molecule has 0 saturated carbocycles. The van der Waals surface area contributed by atoms with Crippen molar-refractivity contribution >= 4 is 42.1 Å². The number of nitrogens with zero attached hydrogens (tertiary/aromatic N) is 2. The molecule has 2 atom stereocenters. The lowest BCUT2D eigenvalue weighted by Gasteiger charge is -2.29. The lowest BCUT2D eigenvalue weighted by atomic mass is 9.89. The zero-order chi connectivity index (χ0) is 14.1. The van der Waals surface area contributed by atoms with E-state index in [1.165, 1.54) is 30.6 Å². The zero-order valence-corrected chi connectivity index (χ0v) is 15.5. The van der Waals surface area contributed by atoms with Crippen molar-refractivity contribution in [2.45, 2.75) is 57.7 Å². The third-order valence-electron chi connectivity index (χ3n) is 4.52. The first kappa shape index (κ1) is 19.7. The Morgan fingerprint density at radius 3 is 2.55 bits per heavy atom. The zero-order valence-electron chi connectivity index (χ0n) is 13.1.